The minimum absolute atomic E-state index is 0.0785. The minimum Gasteiger partial charge on any atom is -0.482 e. The van der Waals surface area contributed by atoms with E-state index in [1.807, 2.05) is 24.3 Å². The highest BCUT2D eigenvalue weighted by molar-refractivity contribution is 7.89. The number of ether oxygens (including phenoxy) is 1. The van der Waals surface area contributed by atoms with Crippen molar-refractivity contribution >= 4 is 44.8 Å². The summed E-state index contributed by atoms with van der Waals surface area (Å²) in [6, 6.07) is 18.9. The molecule has 4 rings (SSSR count). The number of hydrogen-bond acceptors (Lipinski definition) is 4. The molecule has 0 unspecified atom stereocenters. The van der Waals surface area contributed by atoms with E-state index in [-0.39, 0.29) is 22.3 Å². The van der Waals surface area contributed by atoms with E-state index < -0.39 is 15.9 Å². The quantitative estimate of drug-likeness (QED) is 0.540. The number of amides is 1. The molecule has 3 aromatic rings. The number of benzene rings is 3. The zero-order valence-corrected chi connectivity index (χ0v) is 19.3. The van der Waals surface area contributed by atoms with Gasteiger partial charge in [-0.15, -0.1) is 0 Å². The molecule has 0 saturated carbocycles. The van der Waals surface area contributed by atoms with E-state index in [1.54, 1.807) is 24.3 Å². The molecular formula is C23H20Cl2N2O4S. The van der Waals surface area contributed by atoms with Crippen LogP contribution in [0.4, 0.5) is 5.69 Å². The molecule has 1 aliphatic rings. The summed E-state index contributed by atoms with van der Waals surface area (Å²) in [6.07, 6.45) is 0.658. The number of halogens is 2. The fourth-order valence-corrected chi connectivity index (χ4v) is 5.40. The maximum Gasteiger partial charge on any atom is 0.262 e. The fourth-order valence-electron chi connectivity index (χ4n) is 3.48. The summed E-state index contributed by atoms with van der Waals surface area (Å²) in [7, 11) is -3.72. The SMILES string of the molecule is O=C(COc1ccc(S(=O)(=O)N2CCc3ccccc3C2)cc1Cl)Nc1ccccc1Cl. The van der Waals surface area contributed by atoms with Crippen molar-refractivity contribution in [2.24, 2.45) is 0 Å². The number of para-hydroxylation sites is 1. The van der Waals surface area contributed by atoms with Crippen molar-refractivity contribution in [2.75, 3.05) is 18.5 Å². The molecule has 166 valence electrons. The maximum atomic E-state index is 13.1. The molecule has 32 heavy (non-hydrogen) atoms. The lowest BCUT2D eigenvalue weighted by Crippen LogP contribution is -2.35. The Morgan fingerprint density at radius 1 is 0.969 bits per heavy atom. The van der Waals surface area contributed by atoms with Crippen LogP contribution in [0, 0.1) is 0 Å². The normalized spacial score (nSPS) is 13.9. The number of nitrogens with zero attached hydrogens (tertiary/aromatic N) is 1. The molecule has 0 aromatic heterocycles. The summed E-state index contributed by atoms with van der Waals surface area (Å²) in [6.45, 7) is 0.411. The zero-order chi connectivity index (χ0) is 22.7. The topological polar surface area (TPSA) is 75.7 Å². The summed E-state index contributed by atoms with van der Waals surface area (Å²) in [5.74, 6) is -0.207. The van der Waals surface area contributed by atoms with Gasteiger partial charge in [-0.25, -0.2) is 8.42 Å². The minimum atomic E-state index is -3.72. The first-order chi connectivity index (χ1) is 15.3. The third-order valence-electron chi connectivity index (χ3n) is 5.14. The van der Waals surface area contributed by atoms with Gasteiger partial charge in [0.25, 0.3) is 5.91 Å². The number of sulfonamides is 1. The van der Waals surface area contributed by atoms with Gasteiger partial charge in [0.1, 0.15) is 5.75 Å². The maximum absolute atomic E-state index is 13.1. The number of hydrogen-bond donors (Lipinski definition) is 1. The van der Waals surface area contributed by atoms with Crippen LogP contribution in [0.15, 0.2) is 71.6 Å². The molecule has 3 aromatic carbocycles. The Balaban J connectivity index is 1.43. The second-order valence-corrected chi connectivity index (χ2v) is 10.0. The average molecular weight is 491 g/mol. The molecule has 0 saturated heterocycles. The van der Waals surface area contributed by atoms with E-state index >= 15 is 0 Å². The smallest absolute Gasteiger partial charge is 0.262 e. The second-order valence-electron chi connectivity index (χ2n) is 7.27. The highest BCUT2D eigenvalue weighted by Crippen LogP contribution is 2.31. The first-order valence-electron chi connectivity index (χ1n) is 9.88. The van der Waals surface area contributed by atoms with Crippen molar-refractivity contribution in [3.05, 3.63) is 87.9 Å². The van der Waals surface area contributed by atoms with E-state index in [2.05, 4.69) is 5.32 Å². The van der Waals surface area contributed by atoms with Gasteiger partial charge in [0.15, 0.2) is 6.61 Å². The summed E-state index contributed by atoms with van der Waals surface area (Å²) < 4.78 is 33.1. The Kier molecular flexibility index (Phi) is 6.71. The summed E-state index contributed by atoms with van der Waals surface area (Å²) in [5.41, 5.74) is 2.63. The van der Waals surface area contributed by atoms with Crippen molar-refractivity contribution in [1.29, 1.82) is 0 Å². The van der Waals surface area contributed by atoms with Crippen LogP contribution < -0.4 is 10.1 Å². The molecule has 0 radical (unpaired) electrons. The Labute approximate surface area is 196 Å². The van der Waals surface area contributed by atoms with Crippen molar-refractivity contribution in [2.45, 2.75) is 17.9 Å². The molecule has 1 amide bonds. The van der Waals surface area contributed by atoms with E-state index in [1.165, 1.54) is 22.5 Å². The third-order valence-corrected chi connectivity index (χ3v) is 7.61. The van der Waals surface area contributed by atoms with Gasteiger partial charge in [0, 0.05) is 13.1 Å². The molecule has 1 N–H and O–H groups in total. The molecule has 9 heteroatoms. The monoisotopic (exact) mass is 490 g/mol. The van der Waals surface area contributed by atoms with Crippen LogP contribution in [0.25, 0.3) is 0 Å². The Morgan fingerprint density at radius 2 is 1.69 bits per heavy atom. The van der Waals surface area contributed by atoms with Gasteiger partial charge >= 0.3 is 0 Å². The van der Waals surface area contributed by atoms with Crippen molar-refractivity contribution in [1.82, 2.24) is 4.31 Å². The molecule has 0 aliphatic carbocycles. The van der Waals surface area contributed by atoms with Crippen LogP contribution in [-0.2, 0) is 27.8 Å². The number of carbonyl (C=O) groups excluding carboxylic acids is 1. The van der Waals surface area contributed by atoms with Crippen LogP contribution in [0.2, 0.25) is 10.0 Å². The second kappa shape index (κ2) is 9.50. The predicted molar refractivity (Wildman–Crippen MR) is 125 cm³/mol. The standard InChI is InChI=1S/C23H20Cl2N2O4S/c24-19-7-3-4-8-21(19)26-23(28)15-31-22-10-9-18(13-20(22)25)32(29,30)27-12-11-16-5-1-2-6-17(16)14-27/h1-10,13H,11-12,14-15H2,(H,26,28). The van der Waals surface area contributed by atoms with Crippen molar-refractivity contribution < 1.29 is 17.9 Å². The van der Waals surface area contributed by atoms with Crippen LogP contribution in [0.5, 0.6) is 5.75 Å². The van der Waals surface area contributed by atoms with E-state index in [4.69, 9.17) is 27.9 Å². The average Bonchev–Trinajstić information content (AvgIpc) is 2.79. The molecule has 0 fully saturated rings. The van der Waals surface area contributed by atoms with Gasteiger partial charge in [0.05, 0.1) is 20.6 Å². The summed E-state index contributed by atoms with van der Waals surface area (Å²) in [5, 5.41) is 3.16. The van der Waals surface area contributed by atoms with E-state index in [0.29, 0.717) is 30.2 Å². The van der Waals surface area contributed by atoms with E-state index in [0.717, 1.165) is 11.1 Å². The van der Waals surface area contributed by atoms with Crippen LogP contribution in [0.1, 0.15) is 11.1 Å². The lowest BCUT2D eigenvalue weighted by atomic mass is 10.0. The Morgan fingerprint density at radius 3 is 2.44 bits per heavy atom. The zero-order valence-electron chi connectivity index (χ0n) is 16.9. The number of rotatable bonds is 6. The summed E-state index contributed by atoms with van der Waals surface area (Å²) >= 11 is 12.3. The van der Waals surface area contributed by atoms with Gasteiger partial charge in [0.2, 0.25) is 10.0 Å². The molecule has 0 spiro atoms. The molecule has 1 aliphatic heterocycles. The van der Waals surface area contributed by atoms with Crippen LogP contribution in [0.3, 0.4) is 0 Å². The van der Waals surface area contributed by atoms with Gasteiger partial charge in [-0.2, -0.15) is 4.31 Å². The first-order valence-corrected chi connectivity index (χ1v) is 12.1. The lowest BCUT2D eigenvalue weighted by molar-refractivity contribution is -0.118. The molecule has 0 atom stereocenters. The Bertz CT molecular complexity index is 1260. The fraction of sp³-hybridized carbons (Fsp3) is 0.174. The van der Waals surface area contributed by atoms with Gasteiger partial charge in [-0.1, -0.05) is 59.6 Å². The highest BCUT2D eigenvalue weighted by atomic mass is 35.5. The van der Waals surface area contributed by atoms with E-state index in [9.17, 15) is 13.2 Å². The predicted octanol–water partition coefficient (Wildman–Crippen LogP) is 4.76. The van der Waals surface area contributed by atoms with Crippen molar-refractivity contribution in [3.8, 4) is 5.75 Å². The largest absolute Gasteiger partial charge is 0.482 e. The van der Waals surface area contributed by atoms with Gasteiger partial charge in [-0.3, -0.25) is 4.79 Å². The number of fused-ring (bicyclic) bond motifs is 1. The Hall–Kier alpha value is -2.58. The lowest BCUT2D eigenvalue weighted by Gasteiger charge is -2.28. The van der Waals surface area contributed by atoms with Crippen molar-refractivity contribution in [3.63, 3.8) is 0 Å². The van der Waals surface area contributed by atoms with Gasteiger partial charge < -0.3 is 10.1 Å². The third kappa shape index (κ3) is 4.91. The molecule has 6 nitrogen and oxygen atoms in total. The van der Waals surface area contributed by atoms with Gasteiger partial charge in [-0.05, 0) is 47.9 Å². The molecular weight excluding hydrogens is 471 g/mol. The first kappa shape index (κ1) is 22.6. The number of carbonyl (C=O) groups is 1. The number of nitrogens with one attached hydrogen (secondary N) is 1. The highest BCUT2D eigenvalue weighted by Gasteiger charge is 2.28. The number of anilines is 1. The molecule has 0 bridgehead atoms. The molecule has 1 heterocycles. The van der Waals surface area contributed by atoms with Crippen LogP contribution >= 0.6 is 23.2 Å². The van der Waals surface area contributed by atoms with Crippen LogP contribution in [-0.4, -0.2) is 31.8 Å². The summed E-state index contributed by atoms with van der Waals surface area (Å²) in [4.78, 5) is 12.2.